The largest absolute Gasteiger partial charge is 0.325 e. The summed E-state index contributed by atoms with van der Waals surface area (Å²) in [6.45, 7) is 0.514. The molecule has 0 spiro atoms. The van der Waals surface area contributed by atoms with Crippen LogP contribution in [-0.4, -0.2) is 34.3 Å². The van der Waals surface area contributed by atoms with Gasteiger partial charge in [-0.1, -0.05) is 47.5 Å². The molecule has 2 amide bonds. The Morgan fingerprint density at radius 3 is 2.71 bits per heavy atom. The van der Waals surface area contributed by atoms with E-state index in [1.165, 1.54) is 0 Å². The maximum absolute atomic E-state index is 13.0. The number of hydrogen-bond donors (Lipinski definition) is 1. The number of para-hydroxylation sites is 1. The third-order valence-corrected chi connectivity index (χ3v) is 5.37. The number of fused-ring (bicyclic) bond motifs is 1. The highest BCUT2D eigenvalue weighted by atomic mass is 35.5. The van der Waals surface area contributed by atoms with Crippen LogP contribution in [0.2, 0.25) is 10.0 Å². The van der Waals surface area contributed by atoms with E-state index < -0.39 is 6.04 Å². The molecule has 142 valence electrons. The van der Waals surface area contributed by atoms with Crippen molar-refractivity contribution in [2.75, 3.05) is 11.9 Å². The van der Waals surface area contributed by atoms with Gasteiger partial charge in [0.1, 0.15) is 11.7 Å². The molecule has 1 fully saturated rings. The fourth-order valence-electron chi connectivity index (χ4n) is 3.42. The van der Waals surface area contributed by atoms with Gasteiger partial charge in [-0.15, -0.1) is 0 Å². The lowest BCUT2D eigenvalue weighted by Gasteiger charge is -2.24. The van der Waals surface area contributed by atoms with Crippen LogP contribution in [-0.2, 0) is 4.79 Å². The molecular formula is C21H17Cl2N3O2. The van der Waals surface area contributed by atoms with Crippen LogP contribution in [0.25, 0.3) is 10.9 Å². The maximum atomic E-state index is 13.0. The summed E-state index contributed by atoms with van der Waals surface area (Å²) in [5.41, 5.74) is 1.56. The maximum Gasteiger partial charge on any atom is 0.273 e. The van der Waals surface area contributed by atoms with Gasteiger partial charge in [0.15, 0.2) is 0 Å². The van der Waals surface area contributed by atoms with Gasteiger partial charge in [0.2, 0.25) is 5.91 Å². The van der Waals surface area contributed by atoms with Crippen LogP contribution < -0.4 is 5.32 Å². The van der Waals surface area contributed by atoms with Gasteiger partial charge in [-0.25, -0.2) is 4.98 Å². The van der Waals surface area contributed by atoms with Crippen molar-refractivity contribution in [3.63, 3.8) is 0 Å². The summed E-state index contributed by atoms with van der Waals surface area (Å²) in [6.07, 6.45) is 1.35. The number of aromatic nitrogens is 1. The summed E-state index contributed by atoms with van der Waals surface area (Å²) >= 11 is 12.0. The molecule has 0 aliphatic carbocycles. The van der Waals surface area contributed by atoms with Gasteiger partial charge in [-0.2, -0.15) is 0 Å². The van der Waals surface area contributed by atoms with Crippen molar-refractivity contribution >= 4 is 51.6 Å². The van der Waals surface area contributed by atoms with Gasteiger partial charge in [0, 0.05) is 17.0 Å². The second kappa shape index (κ2) is 7.78. The smallest absolute Gasteiger partial charge is 0.273 e. The Balaban J connectivity index is 1.54. The molecule has 0 bridgehead atoms. The third-order valence-electron chi connectivity index (χ3n) is 4.82. The molecule has 7 heteroatoms. The predicted octanol–water partition coefficient (Wildman–Crippen LogP) is 4.78. The number of pyridine rings is 1. The van der Waals surface area contributed by atoms with E-state index in [4.69, 9.17) is 23.2 Å². The minimum atomic E-state index is -0.562. The average molecular weight is 414 g/mol. The molecule has 3 aromatic rings. The molecule has 2 aromatic carbocycles. The van der Waals surface area contributed by atoms with Crippen LogP contribution in [0.3, 0.4) is 0 Å². The Morgan fingerprint density at radius 2 is 1.89 bits per heavy atom. The van der Waals surface area contributed by atoms with Crippen molar-refractivity contribution in [2.45, 2.75) is 18.9 Å². The molecule has 2 heterocycles. The fraction of sp³-hybridized carbons (Fsp3) is 0.190. The van der Waals surface area contributed by atoms with Gasteiger partial charge in [0.05, 0.1) is 16.2 Å². The standard InChI is InChI=1S/C21H17Cl2N3O2/c22-14-8-10-17(15(23)12-14)25-20(27)19-6-3-11-26(19)21(28)18-9-7-13-4-1-2-5-16(13)24-18/h1-2,4-5,7-10,12,19H,3,6,11H2,(H,25,27)/t19-/m1/s1. The SMILES string of the molecule is O=C(Nc1ccc(Cl)cc1Cl)[C@H]1CCCN1C(=O)c1ccc2ccccc2n1. The molecule has 0 unspecified atom stereocenters. The van der Waals surface area contributed by atoms with Crippen molar-refractivity contribution in [1.82, 2.24) is 9.88 Å². The number of likely N-dealkylation sites (tertiary alicyclic amines) is 1. The number of carbonyl (C=O) groups excluding carboxylic acids is 2. The highest BCUT2D eigenvalue weighted by Crippen LogP contribution is 2.27. The van der Waals surface area contributed by atoms with Crippen molar-refractivity contribution < 1.29 is 9.59 Å². The summed E-state index contributed by atoms with van der Waals surface area (Å²) in [5.74, 6) is -0.513. The van der Waals surface area contributed by atoms with Gasteiger partial charge in [-0.3, -0.25) is 9.59 Å². The second-order valence-electron chi connectivity index (χ2n) is 6.66. The van der Waals surface area contributed by atoms with E-state index in [-0.39, 0.29) is 11.8 Å². The Hall–Kier alpha value is -2.63. The first-order valence-corrected chi connectivity index (χ1v) is 9.71. The lowest BCUT2D eigenvalue weighted by atomic mass is 10.1. The van der Waals surface area contributed by atoms with Gasteiger partial charge in [-0.05, 0) is 43.2 Å². The zero-order chi connectivity index (χ0) is 19.7. The van der Waals surface area contributed by atoms with Crippen LogP contribution in [0.4, 0.5) is 5.69 Å². The number of hydrogen-bond acceptors (Lipinski definition) is 3. The lowest BCUT2D eigenvalue weighted by molar-refractivity contribution is -0.119. The first-order chi connectivity index (χ1) is 13.5. The van der Waals surface area contributed by atoms with E-state index in [0.717, 1.165) is 17.3 Å². The quantitative estimate of drug-likeness (QED) is 0.671. The Labute approximate surface area is 172 Å². The summed E-state index contributed by atoms with van der Waals surface area (Å²) in [7, 11) is 0. The van der Waals surface area contributed by atoms with E-state index >= 15 is 0 Å². The van der Waals surface area contributed by atoms with E-state index in [1.54, 1.807) is 29.2 Å². The number of benzene rings is 2. The van der Waals surface area contributed by atoms with Gasteiger partial charge >= 0.3 is 0 Å². The highest BCUT2D eigenvalue weighted by Gasteiger charge is 2.35. The number of nitrogens with one attached hydrogen (secondary N) is 1. The Morgan fingerprint density at radius 1 is 1.07 bits per heavy atom. The lowest BCUT2D eigenvalue weighted by Crippen LogP contribution is -2.43. The molecule has 0 radical (unpaired) electrons. The fourth-order valence-corrected chi connectivity index (χ4v) is 3.88. The Kier molecular flexibility index (Phi) is 5.20. The van der Waals surface area contributed by atoms with Gasteiger partial charge < -0.3 is 10.2 Å². The molecule has 1 aliphatic heterocycles. The normalized spacial score (nSPS) is 16.4. The molecule has 1 atom stereocenters. The molecule has 1 aliphatic rings. The first-order valence-electron chi connectivity index (χ1n) is 8.95. The van der Waals surface area contributed by atoms with Crippen LogP contribution >= 0.6 is 23.2 Å². The molecule has 1 saturated heterocycles. The molecular weight excluding hydrogens is 397 g/mol. The van der Waals surface area contributed by atoms with Crippen molar-refractivity contribution in [3.8, 4) is 0 Å². The number of nitrogens with zero attached hydrogens (tertiary/aromatic N) is 2. The summed E-state index contributed by atoms with van der Waals surface area (Å²) in [4.78, 5) is 31.8. The molecule has 4 rings (SSSR count). The summed E-state index contributed by atoms with van der Waals surface area (Å²) in [5, 5.41) is 4.61. The third kappa shape index (κ3) is 3.68. The van der Waals surface area contributed by atoms with Crippen molar-refractivity contribution in [1.29, 1.82) is 0 Å². The number of halogens is 2. The number of rotatable bonds is 3. The van der Waals surface area contributed by atoms with Crippen LogP contribution in [0.5, 0.6) is 0 Å². The number of carbonyl (C=O) groups is 2. The molecule has 5 nitrogen and oxygen atoms in total. The highest BCUT2D eigenvalue weighted by molar-refractivity contribution is 6.36. The van der Waals surface area contributed by atoms with E-state index in [9.17, 15) is 9.59 Å². The zero-order valence-corrected chi connectivity index (χ0v) is 16.4. The zero-order valence-electron chi connectivity index (χ0n) is 14.9. The van der Waals surface area contributed by atoms with E-state index in [2.05, 4.69) is 10.3 Å². The molecule has 0 saturated carbocycles. The van der Waals surface area contributed by atoms with Crippen molar-refractivity contribution in [2.24, 2.45) is 0 Å². The van der Waals surface area contributed by atoms with Crippen LogP contribution in [0.15, 0.2) is 54.6 Å². The van der Waals surface area contributed by atoms with Crippen LogP contribution in [0, 0.1) is 0 Å². The summed E-state index contributed by atoms with van der Waals surface area (Å²) in [6, 6.07) is 15.5. The average Bonchev–Trinajstić information content (AvgIpc) is 3.19. The predicted molar refractivity (Wildman–Crippen MR) is 111 cm³/mol. The van der Waals surface area contributed by atoms with E-state index in [0.29, 0.717) is 34.4 Å². The van der Waals surface area contributed by atoms with E-state index in [1.807, 2.05) is 30.3 Å². The van der Waals surface area contributed by atoms with Gasteiger partial charge in [0.25, 0.3) is 5.91 Å². The van der Waals surface area contributed by atoms with Crippen LogP contribution in [0.1, 0.15) is 23.3 Å². The second-order valence-corrected chi connectivity index (χ2v) is 7.50. The monoisotopic (exact) mass is 413 g/mol. The number of amides is 2. The molecule has 1 N–H and O–H groups in total. The number of anilines is 1. The van der Waals surface area contributed by atoms with Crippen molar-refractivity contribution in [3.05, 3.63) is 70.3 Å². The minimum absolute atomic E-state index is 0.245. The first kappa shape index (κ1) is 18.7. The topological polar surface area (TPSA) is 62.3 Å². The minimum Gasteiger partial charge on any atom is -0.325 e. The summed E-state index contributed by atoms with van der Waals surface area (Å²) < 4.78 is 0. The molecule has 28 heavy (non-hydrogen) atoms. The molecule has 1 aromatic heterocycles. The Bertz CT molecular complexity index is 1070.